The van der Waals surface area contributed by atoms with Crippen molar-refractivity contribution >= 4 is 5.97 Å². The van der Waals surface area contributed by atoms with Crippen molar-refractivity contribution in [1.29, 1.82) is 0 Å². The summed E-state index contributed by atoms with van der Waals surface area (Å²) in [6.45, 7) is 10.1. The van der Waals surface area contributed by atoms with Gasteiger partial charge in [-0.2, -0.15) is 0 Å². The van der Waals surface area contributed by atoms with Gasteiger partial charge in [-0.3, -0.25) is 4.79 Å². The second kappa shape index (κ2) is 24.1. The zero-order chi connectivity index (χ0) is 56.5. The van der Waals surface area contributed by atoms with E-state index in [2.05, 4.69) is 33.8 Å². The Kier molecular flexibility index (Phi) is 18.8. The lowest BCUT2D eigenvalue weighted by Crippen LogP contribution is -2.67. The fourth-order valence-corrected chi connectivity index (χ4v) is 15.5. The smallest absolute Gasteiger partial charge is 0.302 e. The van der Waals surface area contributed by atoms with Crippen molar-refractivity contribution in [3.63, 3.8) is 0 Å². The van der Waals surface area contributed by atoms with Gasteiger partial charge in [0.05, 0.1) is 38.1 Å². The van der Waals surface area contributed by atoms with Crippen LogP contribution >= 0.6 is 0 Å². The maximum Gasteiger partial charge on any atom is 0.302 e. The summed E-state index contributed by atoms with van der Waals surface area (Å²) in [7, 11) is 1.73. The summed E-state index contributed by atoms with van der Waals surface area (Å²) in [5.74, 6) is 0.240. The fraction of sp³-hybridized carbons (Fsp3) is 0.944. The first-order valence-corrected chi connectivity index (χ1v) is 28.2. The second-order valence-electron chi connectivity index (χ2n) is 24.6. The molecule has 0 aromatic rings. The molecule has 5 heterocycles. The highest BCUT2D eigenvalue weighted by molar-refractivity contribution is 5.65. The minimum atomic E-state index is -1.98. The van der Waals surface area contributed by atoms with Gasteiger partial charge in [-0.1, -0.05) is 39.3 Å². The van der Waals surface area contributed by atoms with Crippen LogP contribution < -0.4 is 0 Å². The minimum Gasteiger partial charge on any atom is -0.463 e. The predicted molar refractivity (Wildman–Crippen MR) is 265 cm³/mol. The molecule has 9 aliphatic rings. The first kappa shape index (κ1) is 60.9. The molecular weight excluding hydrogens is 1030 g/mol. The van der Waals surface area contributed by atoms with Crippen LogP contribution in [0.5, 0.6) is 0 Å². The minimum absolute atomic E-state index is 0.0275. The fourth-order valence-electron chi connectivity index (χ4n) is 15.5. The molecule has 5 saturated heterocycles. The molecule has 9 rings (SSSR count). The largest absolute Gasteiger partial charge is 0.463 e. The molecule has 8 fully saturated rings. The number of esters is 1. The number of rotatable bonds is 17. The highest BCUT2D eigenvalue weighted by Crippen LogP contribution is 2.70. The average Bonchev–Trinajstić information content (AvgIpc) is 4.00. The Morgan fingerprint density at radius 3 is 1.94 bits per heavy atom. The van der Waals surface area contributed by atoms with Crippen LogP contribution in [0.2, 0.25) is 0 Å². The Morgan fingerprint density at radius 2 is 1.29 bits per heavy atom. The molecule has 3 saturated carbocycles. The number of carbonyl (C=O) groups excluding carboxylic acids is 1. The maximum absolute atomic E-state index is 11.9. The summed E-state index contributed by atoms with van der Waals surface area (Å²) >= 11 is 0. The summed E-state index contributed by atoms with van der Waals surface area (Å²) in [4.78, 5) is 11.8. The average molecular weight is 1120 g/mol. The van der Waals surface area contributed by atoms with Gasteiger partial charge in [0, 0.05) is 26.4 Å². The van der Waals surface area contributed by atoms with Crippen molar-refractivity contribution in [1.82, 2.24) is 0 Å². The first-order valence-electron chi connectivity index (χ1n) is 28.2. The lowest BCUT2D eigenvalue weighted by molar-refractivity contribution is -0.382. The van der Waals surface area contributed by atoms with E-state index in [1.807, 2.05) is 0 Å². The van der Waals surface area contributed by atoms with Crippen LogP contribution in [0, 0.1) is 46.3 Å². The van der Waals surface area contributed by atoms with Crippen LogP contribution in [0.15, 0.2) is 11.6 Å². The molecule has 0 unspecified atom stereocenters. The normalized spacial score (nSPS) is 52.6. The molecule has 0 aromatic heterocycles. The molecule has 448 valence electrons. The van der Waals surface area contributed by atoms with Gasteiger partial charge in [-0.25, -0.2) is 0 Å². The number of allylic oxidation sites excluding steroid dienone is 1. The SMILES string of the molecule is CO[C@]1(CC[C@@H](C)CO[C@@H]2O[C@@H](C)[C@H](O)[C@@H](O)[C@H]2O)O[C@H]2C[C@H]3[C@@H]4CC=C5C[C@@H](O[C@@H]6O[C@H](CO)[C@@H](O)[C@H](O[C@@H]7O[C@H](COC(C)=O)[C@@H](O)[C@H](O[C@@H]8O[C@H](CO)[C@@H](O)[C@H](O)[C@H]8O)[C@H]7O)[C@H]6O)CC[C@]5(C)[C@H]4CC[C@]3(C)[C@H]2[C@@H]1C. The lowest BCUT2D eigenvalue weighted by Gasteiger charge is -2.58. The van der Waals surface area contributed by atoms with Crippen molar-refractivity contribution in [3.8, 4) is 0 Å². The van der Waals surface area contributed by atoms with Gasteiger partial charge in [0.2, 0.25) is 0 Å². The van der Waals surface area contributed by atoms with Crippen LogP contribution in [0.25, 0.3) is 0 Å². The maximum atomic E-state index is 11.9. The monoisotopic (exact) mass is 1120 g/mol. The molecule has 24 heteroatoms. The Bertz CT molecular complexity index is 2050. The molecule has 0 aromatic carbocycles. The summed E-state index contributed by atoms with van der Waals surface area (Å²) in [5, 5.41) is 129. The standard InChI is InChI=1S/C54H88O24/c1-22(20-70-48-42(64)40(62)36(58)24(3)71-48)10-15-54(68-7)23(2)35-31(78-54)17-30-28-9-8-26-16-27(11-13-52(26,5)29(28)12-14-53(30,35)6)72-50-44(66)46(38(60)33(19-56)74-50)77-51-45(67)47(39(61)34(75-51)21-69-25(4)57)76-49-43(65)41(63)37(59)32(18-55)73-49/h8,22-24,27-51,55-56,58-67H,9-21H2,1-7H3/t22-,23+,24+,27+,28-,29+,30+,31+,32-,33-,34-,35+,36+,37-,38-,39-,40-,41+,42-,43-,44-,45-,46+,47+,48-,49+,50-,51+,52+,53+,54-/m1/s1. The molecule has 4 aliphatic carbocycles. The van der Waals surface area contributed by atoms with E-state index in [0.717, 1.165) is 45.4 Å². The molecule has 0 spiro atoms. The van der Waals surface area contributed by atoms with E-state index >= 15 is 0 Å². The Morgan fingerprint density at radius 1 is 0.705 bits per heavy atom. The highest BCUT2D eigenvalue weighted by atomic mass is 16.8. The summed E-state index contributed by atoms with van der Waals surface area (Å²) < 4.78 is 65.7. The molecule has 12 N–H and O–H groups in total. The summed E-state index contributed by atoms with van der Waals surface area (Å²) in [6, 6.07) is 0. The van der Waals surface area contributed by atoms with E-state index in [9.17, 15) is 66.1 Å². The summed E-state index contributed by atoms with van der Waals surface area (Å²) in [6.07, 6.45) is -21.9. The Hall–Kier alpha value is -1.67. The Balaban J connectivity index is 0.828. The third-order valence-corrected chi connectivity index (χ3v) is 20.1. The molecular formula is C54H88O24. The molecule has 0 bridgehead atoms. The number of aliphatic hydroxyl groups excluding tert-OH is 12. The molecule has 78 heavy (non-hydrogen) atoms. The second-order valence-corrected chi connectivity index (χ2v) is 24.6. The zero-order valence-electron chi connectivity index (χ0n) is 45.7. The quantitative estimate of drug-likeness (QED) is 0.0566. The third-order valence-electron chi connectivity index (χ3n) is 20.1. The molecule has 24 nitrogen and oxygen atoms in total. The van der Waals surface area contributed by atoms with E-state index in [-0.39, 0.29) is 35.4 Å². The van der Waals surface area contributed by atoms with Gasteiger partial charge in [-0.05, 0) is 98.7 Å². The van der Waals surface area contributed by atoms with E-state index in [4.69, 9.17) is 52.1 Å². The number of methoxy groups -OCH3 is 1. The van der Waals surface area contributed by atoms with Crippen LogP contribution in [-0.4, -0.2) is 242 Å². The van der Waals surface area contributed by atoms with E-state index in [1.54, 1.807) is 14.0 Å². The molecule has 0 amide bonds. The van der Waals surface area contributed by atoms with Crippen LogP contribution in [0.3, 0.4) is 0 Å². The van der Waals surface area contributed by atoms with Gasteiger partial charge >= 0.3 is 5.97 Å². The number of aliphatic hydroxyl groups is 12. The van der Waals surface area contributed by atoms with Crippen LogP contribution in [0.4, 0.5) is 0 Å². The number of ether oxygens (including phenoxy) is 11. The predicted octanol–water partition coefficient (Wildman–Crippen LogP) is -1.78. The van der Waals surface area contributed by atoms with Crippen LogP contribution in [-0.2, 0) is 56.9 Å². The van der Waals surface area contributed by atoms with Crippen molar-refractivity contribution in [2.75, 3.05) is 33.5 Å². The molecule has 5 aliphatic heterocycles. The van der Waals surface area contributed by atoms with Crippen molar-refractivity contribution in [2.24, 2.45) is 46.3 Å². The van der Waals surface area contributed by atoms with Gasteiger partial charge in [-0.15, -0.1) is 0 Å². The first-order chi connectivity index (χ1) is 36.9. The summed E-state index contributed by atoms with van der Waals surface area (Å²) in [5.41, 5.74) is 1.18. The lowest BCUT2D eigenvalue weighted by atomic mass is 9.47. The topological polar surface area (TPSA) is 361 Å². The molecule has 31 atom stereocenters. The van der Waals surface area contributed by atoms with Crippen LogP contribution in [0.1, 0.15) is 99.3 Å². The van der Waals surface area contributed by atoms with Gasteiger partial charge in [0.1, 0.15) is 98.2 Å². The van der Waals surface area contributed by atoms with Crippen molar-refractivity contribution in [3.05, 3.63) is 11.6 Å². The van der Waals surface area contributed by atoms with Crippen molar-refractivity contribution in [2.45, 2.75) is 240 Å². The molecule has 0 radical (unpaired) electrons. The zero-order valence-corrected chi connectivity index (χ0v) is 45.7. The highest BCUT2D eigenvalue weighted by Gasteiger charge is 2.68. The number of fused-ring (bicyclic) bond motifs is 7. The van der Waals surface area contributed by atoms with E-state index in [1.165, 1.54) is 5.57 Å². The van der Waals surface area contributed by atoms with E-state index in [0.29, 0.717) is 42.9 Å². The van der Waals surface area contributed by atoms with Gasteiger partial charge in [0.25, 0.3) is 0 Å². The van der Waals surface area contributed by atoms with Crippen molar-refractivity contribution < 1.29 is 118 Å². The van der Waals surface area contributed by atoms with E-state index < -0.39 is 161 Å². The number of hydrogen-bond donors (Lipinski definition) is 12. The number of carbonyl (C=O) groups is 1. The van der Waals surface area contributed by atoms with Gasteiger partial charge in [0.15, 0.2) is 30.9 Å². The number of hydrogen-bond acceptors (Lipinski definition) is 24. The third kappa shape index (κ3) is 11.2. The van der Waals surface area contributed by atoms with Gasteiger partial charge < -0.3 is 113 Å². The Labute approximate surface area is 454 Å².